The van der Waals surface area contributed by atoms with Gasteiger partial charge in [0.2, 0.25) is 0 Å². The van der Waals surface area contributed by atoms with Crippen molar-refractivity contribution >= 4 is 26.2 Å². The minimum absolute atomic E-state index is 0.0576. The van der Waals surface area contributed by atoms with Gasteiger partial charge in [-0.15, -0.1) is 0 Å². The maximum Gasteiger partial charge on any atom is 0.328 e. The zero-order valence-electron chi connectivity index (χ0n) is 27.5. The van der Waals surface area contributed by atoms with Gasteiger partial charge in [0.1, 0.15) is 0 Å². The Balaban J connectivity index is 0.000000401. The van der Waals surface area contributed by atoms with Crippen LogP contribution in [0.4, 0.5) is 4.79 Å². The Kier molecular flexibility index (Phi) is 11.6. The van der Waals surface area contributed by atoms with Crippen LogP contribution in [0.25, 0.3) is 16.8 Å². The Hall–Kier alpha value is -4.78. The summed E-state index contributed by atoms with van der Waals surface area (Å²) < 4.78 is 58.5. The van der Waals surface area contributed by atoms with Gasteiger partial charge < -0.3 is 5.32 Å². The van der Waals surface area contributed by atoms with Crippen molar-refractivity contribution in [3.8, 4) is 16.8 Å². The molecule has 0 aliphatic carbocycles. The minimum Gasteiger partial charge on any atom is -0.337 e. The number of hydrogen-bond acceptors (Lipinski definition) is 6. The fourth-order valence-electron chi connectivity index (χ4n) is 5.00. The Morgan fingerprint density at radius 1 is 0.792 bits per heavy atom. The van der Waals surface area contributed by atoms with E-state index in [9.17, 15) is 21.6 Å². The summed E-state index contributed by atoms with van der Waals surface area (Å²) in [6.07, 6.45) is 0.559. The van der Waals surface area contributed by atoms with E-state index >= 15 is 0 Å². The fraction of sp³-hybridized carbons (Fsp3) is 0.222. The number of carbonyl (C=O) groups is 1. The number of carbonyl (C=O) groups excluding carboxylic acids is 1. The third kappa shape index (κ3) is 9.40. The van der Waals surface area contributed by atoms with Crippen LogP contribution < -0.4 is 10.0 Å². The third-order valence-corrected chi connectivity index (χ3v) is 9.85. The number of nitrogens with one attached hydrogen (secondary N) is 2. The maximum atomic E-state index is 12.5. The predicted molar refractivity (Wildman–Crippen MR) is 187 cm³/mol. The van der Waals surface area contributed by atoms with Gasteiger partial charge in [-0.1, -0.05) is 86.1 Å². The summed E-state index contributed by atoms with van der Waals surface area (Å²) in [5.74, 6) is 0.293. The van der Waals surface area contributed by atoms with Crippen molar-refractivity contribution in [2.24, 2.45) is 0 Å². The van der Waals surface area contributed by atoms with E-state index in [2.05, 4.69) is 29.1 Å². The standard InChI is InChI=1S/C29H32N4O3S.C7H8O3S/c1-20(2)24-12-16-27(17-13-24)37(35,36)32-29(34)30-19-18-23-10-14-26(15-11-23)33-22(4)28(21(3)31-33)25-8-6-5-7-9-25;1-6-2-4-7(5-3-6)11(8,9)10/h5-17,20H,18-19H2,1-4H3,(H2,30,32,34);2-5H,1H3,(H,8,9,10). The van der Waals surface area contributed by atoms with E-state index in [1.807, 2.05) is 74.8 Å². The minimum atomic E-state index is -4.02. The van der Waals surface area contributed by atoms with Crippen molar-refractivity contribution in [1.29, 1.82) is 0 Å². The maximum absolute atomic E-state index is 12.5. The summed E-state index contributed by atoms with van der Waals surface area (Å²) in [5.41, 5.74) is 8.25. The first-order valence-corrected chi connectivity index (χ1v) is 18.2. The van der Waals surface area contributed by atoms with Crippen LogP contribution in [0.5, 0.6) is 0 Å². The Labute approximate surface area is 282 Å². The molecule has 1 aromatic heterocycles. The third-order valence-electron chi connectivity index (χ3n) is 7.64. The molecule has 0 atom stereocenters. The van der Waals surface area contributed by atoms with Crippen LogP contribution in [0.1, 0.15) is 47.8 Å². The van der Waals surface area contributed by atoms with Gasteiger partial charge in [0.15, 0.2) is 0 Å². The highest BCUT2D eigenvalue weighted by Crippen LogP contribution is 2.28. The van der Waals surface area contributed by atoms with Crippen molar-refractivity contribution in [2.45, 2.75) is 56.7 Å². The number of aryl methyl sites for hydroxylation is 2. The first-order valence-electron chi connectivity index (χ1n) is 15.3. The average molecular weight is 689 g/mol. The zero-order valence-corrected chi connectivity index (χ0v) is 29.1. The highest BCUT2D eigenvalue weighted by molar-refractivity contribution is 7.90. The summed E-state index contributed by atoms with van der Waals surface area (Å²) in [5, 5.41) is 7.36. The monoisotopic (exact) mass is 688 g/mol. The number of sulfonamides is 1. The SMILES string of the molecule is Cc1ccc(S(=O)(=O)O)cc1.Cc1nn(-c2ccc(CCNC(=O)NS(=O)(=O)c3ccc(C(C)C)cc3)cc2)c(C)c1-c1ccccc1. The first-order chi connectivity index (χ1) is 22.7. The van der Waals surface area contributed by atoms with Crippen LogP contribution in [-0.4, -0.2) is 43.7 Å². The second-order valence-electron chi connectivity index (χ2n) is 11.6. The molecular formula is C36H40N4O6S2. The predicted octanol–water partition coefficient (Wildman–Crippen LogP) is 6.75. The largest absolute Gasteiger partial charge is 0.337 e. The summed E-state index contributed by atoms with van der Waals surface area (Å²) in [4.78, 5) is 12.2. The molecule has 12 heteroatoms. The Morgan fingerprint density at radius 3 is 1.94 bits per heavy atom. The lowest BCUT2D eigenvalue weighted by atomic mass is 10.0. The molecule has 0 saturated heterocycles. The molecule has 10 nitrogen and oxygen atoms in total. The number of benzene rings is 4. The molecule has 0 saturated carbocycles. The second-order valence-corrected chi connectivity index (χ2v) is 14.7. The molecule has 5 aromatic rings. The number of nitrogens with zero attached hydrogens (tertiary/aromatic N) is 2. The highest BCUT2D eigenvalue weighted by Gasteiger charge is 2.18. The van der Waals surface area contributed by atoms with Gasteiger partial charge in [-0.05, 0) is 86.2 Å². The molecule has 252 valence electrons. The number of urea groups is 1. The zero-order chi connectivity index (χ0) is 35.1. The molecule has 4 aromatic carbocycles. The Morgan fingerprint density at radius 2 is 1.38 bits per heavy atom. The summed E-state index contributed by atoms with van der Waals surface area (Å²) in [7, 11) is -7.95. The van der Waals surface area contributed by atoms with Crippen molar-refractivity contribution in [3.63, 3.8) is 0 Å². The van der Waals surface area contributed by atoms with Gasteiger partial charge in [-0.3, -0.25) is 4.55 Å². The van der Waals surface area contributed by atoms with E-state index in [1.165, 1.54) is 24.3 Å². The molecule has 0 radical (unpaired) electrons. The molecular weight excluding hydrogens is 649 g/mol. The number of rotatable bonds is 9. The molecule has 0 fully saturated rings. The van der Waals surface area contributed by atoms with Crippen molar-refractivity contribution < 1.29 is 26.2 Å². The van der Waals surface area contributed by atoms with Gasteiger partial charge in [0.25, 0.3) is 20.1 Å². The highest BCUT2D eigenvalue weighted by atomic mass is 32.2. The van der Waals surface area contributed by atoms with Crippen LogP contribution in [0.15, 0.2) is 113 Å². The first kappa shape index (κ1) is 36.1. The lowest BCUT2D eigenvalue weighted by Crippen LogP contribution is -2.40. The van der Waals surface area contributed by atoms with E-state index in [0.29, 0.717) is 18.9 Å². The number of amides is 2. The number of hydrogen-bond donors (Lipinski definition) is 3. The molecule has 0 aliphatic rings. The van der Waals surface area contributed by atoms with Crippen molar-refractivity contribution in [1.82, 2.24) is 19.8 Å². The van der Waals surface area contributed by atoms with Gasteiger partial charge >= 0.3 is 6.03 Å². The molecule has 2 amide bonds. The lowest BCUT2D eigenvalue weighted by molar-refractivity contribution is 0.246. The Bertz CT molecular complexity index is 2060. The van der Waals surface area contributed by atoms with Crippen LogP contribution in [-0.2, 0) is 26.6 Å². The molecule has 48 heavy (non-hydrogen) atoms. The summed E-state index contributed by atoms with van der Waals surface area (Å²) in [6, 6.07) is 30.0. The van der Waals surface area contributed by atoms with E-state index in [4.69, 9.17) is 9.65 Å². The molecule has 0 bridgehead atoms. The van der Waals surface area contributed by atoms with E-state index in [0.717, 1.165) is 44.9 Å². The van der Waals surface area contributed by atoms with Gasteiger partial charge in [-0.2, -0.15) is 13.5 Å². The van der Waals surface area contributed by atoms with Crippen LogP contribution >= 0.6 is 0 Å². The molecule has 0 spiro atoms. The van der Waals surface area contributed by atoms with Gasteiger partial charge in [-0.25, -0.2) is 22.6 Å². The van der Waals surface area contributed by atoms with E-state index in [1.54, 1.807) is 24.3 Å². The molecule has 0 unspecified atom stereocenters. The van der Waals surface area contributed by atoms with Crippen molar-refractivity contribution in [3.05, 3.63) is 131 Å². The quantitative estimate of drug-likeness (QED) is 0.145. The van der Waals surface area contributed by atoms with Crippen LogP contribution in [0.2, 0.25) is 0 Å². The van der Waals surface area contributed by atoms with E-state index < -0.39 is 26.2 Å². The summed E-state index contributed by atoms with van der Waals surface area (Å²) >= 11 is 0. The fourth-order valence-corrected chi connectivity index (χ4v) is 6.41. The van der Waals surface area contributed by atoms with Crippen molar-refractivity contribution in [2.75, 3.05) is 6.54 Å². The smallest absolute Gasteiger partial charge is 0.328 e. The van der Waals surface area contributed by atoms with Crippen LogP contribution in [0, 0.1) is 20.8 Å². The molecule has 3 N–H and O–H groups in total. The second kappa shape index (κ2) is 15.4. The van der Waals surface area contributed by atoms with Gasteiger partial charge in [0, 0.05) is 17.8 Å². The molecule has 5 rings (SSSR count). The molecule has 1 heterocycles. The molecule has 0 aliphatic heterocycles. The normalized spacial score (nSPS) is 11.5. The topological polar surface area (TPSA) is 147 Å². The van der Waals surface area contributed by atoms with E-state index in [-0.39, 0.29) is 9.79 Å². The van der Waals surface area contributed by atoms with Crippen LogP contribution in [0.3, 0.4) is 0 Å². The average Bonchev–Trinajstić information content (AvgIpc) is 3.34. The lowest BCUT2D eigenvalue weighted by Gasteiger charge is -2.11. The number of aromatic nitrogens is 2. The summed E-state index contributed by atoms with van der Waals surface area (Å²) in [6.45, 7) is 10.3. The van der Waals surface area contributed by atoms with Gasteiger partial charge in [0.05, 0.1) is 21.2 Å².